The average molecular weight is 166 g/mol. The van der Waals surface area contributed by atoms with E-state index in [4.69, 9.17) is 6.42 Å². The lowest BCUT2D eigenvalue weighted by Gasteiger charge is -2.07. The van der Waals surface area contributed by atoms with E-state index in [1.165, 1.54) is 19.3 Å². The van der Waals surface area contributed by atoms with Gasteiger partial charge in [0, 0.05) is 6.42 Å². The van der Waals surface area contributed by atoms with Gasteiger partial charge in [0.25, 0.3) is 0 Å². The molecule has 1 aliphatic carbocycles. The molecule has 1 N–H and O–H groups in total. The van der Waals surface area contributed by atoms with Gasteiger partial charge in [-0.2, -0.15) is 0 Å². The van der Waals surface area contributed by atoms with Crippen LogP contribution in [0.5, 0.6) is 0 Å². The molecule has 1 aliphatic rings. The lowest BCUT2D eigenvalue weighted by atomic mass is 10.1. The molecule has 0 saturated heterocycles. The van der Waals surface area contributed by atoms with Gasteiger partial charge in [-0.05, 0) is 31.6 Å². The highest BCUT2D eigenvalue weighted by atomic mass is 16.3. The third-order valence-corrected chi connectivity index (χ3v) is 2.49. The summed E-state index contributed by atoms with van der Waals surface area (Å²) in [5.74, 6) is 3.27. The van der Waals surface area contributed by atoms with Crippen LogP contribution in [0.4, 0.5) is 0 Å². The van der Waals surface area contributed by atoms with Gasteiger partial charge in [0.2, 0.25) is 0 Å². The smallest absolute Gasteiger partial charge is 0.0568 e. The summed E-state index contributed by atoms with van der Waals surface area (Å²) in [4.78, 5) is 0. The molecule has 0 aromatic heterocycles. The molecule has 1 nitrogen and oxygen atoms in total. The monoisotopic (exact) mass is 166 g/mol. The Labute approximate surface area is 75.2 Å². The Morgan fingerprint density at radius 2 is 2.08 bits per heavy atom. The molecule has 0 spiro atoms. The van der Waals surface area contributed by atoms with Crippen LogP contribution in [-0.4, -0.2) is 11.2 Å². The highest BCUT2D eigenvalue weighted by molar-refractivity contribution is 4.83. The number of aliphatic hydroxyl groups excluding tert-OH is 1. The maximum atomic E-state index is 9.51. The van der Waals surface area contributed by atoms with E-state index in [9.17, 15) is 5.11 Å². The summed E-state index contributed by atoms with van der Waals surface area (Å²) in [6, 6.07) is 0. The zero-order valence-electron chi connectivity index (χ0n) is 7.63. The molecule has 1 rings (SSSR count). The summed E-state index contributed by atoms with van der Waals surface area (Å²) in [6.07, 6.45) is 12.9. The summed E-state index contributed by atoms with van der Waals surface area (Å²) < 4.78 is 0. The van der Waals surface area contributed by atoms with E-state index in [1.807, 2.05) is 0 Å². The maximum Gasteiger partial charge on any atom is 0.0568 e. The first-order valence-corrected chi connectivity index (χ1v) is 4.96. The summed E-state index contributed by atoms with van der Waals surface area (Å²) in [5, 5.41) is 9.51. The van der Waals surface area contributed by atoms with Crippen LogP contribution in [0.3, 0.4) is 0 Å². The molecule has 0 aromatic carbocycles. The Morgan fingerprint density at radius 1 is 1.33 bits per heavy atom. The van der Waals surface area contributed by atoms with Gasteiger partial charge in [0.15, 0.2) is 0 Å². The largest absolute Gasteiger partial charge is 0.393 e. The SMILES string of the molecule is C#CCCCCCC(O)C1CC1. The molecule has 1 heteroatoms. The van der Waals surface area contributed by atoms with Gasteiger partial charge < -0.3 is 5.11 Å². The molecule has 0 radical (unpaired) electrons. The van der Waals surface area contributed by atoms with Crippen LogP contribution in [0, 0.1) is 18.3 Å². The number of hydrogen-bond donors (Lipinski definition) is 1. The molecule has 0 amide bonds. The number of hydrogen-bond acceptors (Lipinski definition) is 1. The lowest BCUT2D eigenvalue weighted by Crippen LogP contribution is -2.08. The predicted molar refractivity (Wildman–Crippen MR) is 50.6 cm³/mol. The van der Waals surface area contributed by atoms with Crippen LogP contribution in [-0.2, 0) is 0 Å². The van der Waals surface area contributed by atoms with Crippen molar-refractivity contribution >= 4 is 0 Å². The van der Waals surface area contributed by atoms with E-state index < -0.39 is 0 Å². The van der Waals surface area contributed by atoms with Crippen LogP contribution >= 0.6 is 0 Å². The van der Waals surface area contributed by atoms with Crippen molar-refractivity contribution in [2.45, 2.75) is 51.0 Å². The molecule has 0 heterocycles. The van der Waals surface area contributed by atoms with Crippen molar-refractivity contribution in [3.63, 3.8) is 0 Å². The fourth-order valence-corrected chi connectivity index (χ4v) is 1.47. The summed E-state index contributed by atoms with van der Waals surface area (Å²) in [7, 11) is 0. The Balaban J connectivity index is 1.85. The molecular weight excluding hydrogens is 148 g/mol. The van der Waals surface area contributed by atoms with Crippen LogP contribution in [0.25, 0.3) is 0 Å². The van der Waals surface area contributed by atoms with Gasteiger partial charge in [-0.1, -0.05) is 12.8 Å². The molecule has 1 atom stereocenters. The molecule has 0 aliphatic heterocycles. The number of aliphatic hydroxyl groups is 1. The first-order valence-electron chi connectivity index (χ1n) is 4.96. The second kappa shape index (κ2) is 5.22. The van der Waals surface area contributed by atoms with Gasteiger partial charge in [-0.3, -0.25) is 0 Å². The normalized spacial score (nSPS) is 18.7. The third kappa shape index (κ3) is 3.78. The first-order chi connectivity index (χ1) is 5.84. The lowest BCUT2D eigenvalue weighted by molar-refractivity contribution is 0.138. The highest BCUT2D eigenvalue weighted by Gasteiger charge is 2.28. The number of terminal acetylenes is 1. The van der Waals surface area contributed by atoms with Gasteiger partial charge >= 0.3 is 0 Å². The van der Waals surface area contributed by atoms with Crippen molar-refractivity contribution in [3.8, 4) is 12.3 Å². The van der Waals surface area contributed by atoms with Crippen LogP contribution in [0.15, 0.2) is 0 Å². The quantitative estimate of drug-likeness (QED) is 0.474. The van der Waals surface area contributed by atoms with Crippen molar-refractivity contribution in [3.05, 3.63) is 0 Å². The van der Waals surface area contributed by atoms with E-state index in [1.54, 1.807) is 0 Å². The van der Waals surface area contributed by atoms with E-state index >= 15 is 0 Å². The van der Waals surface area contributed by atoms with Crippen LogP contribution in [0.2, 0.25) is 0 Å². The molecule has 1 saturated carbocycles. The second-order valence-corrected chi connectivity index (χ2v) is 3.71. The predicted octanol–water partition coefficient (Wildman–Crippen LogP) is 2.34. The van der Waals surface area contributed by atoms with Crippen molar-refractivity contribution in [1.82, 2.24) is 0 Å². The van der Waals surface area contributed by atoms with E-state index in [0.717, 1.165) is 25.7 Å². The number of rotatable bonds is 6. The van der Waals surface area contributed by atoms with Gasteiger partial charge in [-0.15, -0.1) is 12.3 Å². The van der Waals surface area contributed by atoms with Crippen molar-refractivity contribution < 1.29 is 5.11 Å². The van der Waals surface area contributed by atoms with Crippen molar-refractivity contribution in [1.29, 1.82) is 0 Å². The molecule has 1 fully saturated rings. The average Bonchev–Trinajstić information content (AvgIpc) is 2.86. The van der Waals surface area contributed by atoms with Crippen molar-refractivity contribution in [2.75, 3.05) is 0 Å². The summed E-state index contributed by atoms with van der Waals surface area (Å²) >= 11 is 0. The molecule has 0 aromatic rings. The Hall–Kier alpha value is -0.480. The summed E-state index contributed by atoms with van der Waals surface area (Å²) in [6.45, 7) is 0. The van der Waals surface area contributed by atoms with Crippen LogP contribution < -0.4 is 0 Å². The minimum absolute atomic E-state index is 0.0177. The van der Waals surface area contributed by atoms with Gasteiger partial charge in [-0.25, -0.2) is 0 Å². The van der Waals surface area contributed by atoms with Gasteiger partial charge in [0.05, 0.1) is 6.10 Å². The highest BCUT2D eigenvalue weighted by Crippen LogP contribution is 2.34. The fraction of sp³-hybridized carbons (Fsp3) is 0.818. The third-order valence-electron chi connectivity index (χ3n) is 2.49. The Bertz CT molecular complexity index is 153. The minimum atomic E-state index is -0.0177. The zero-order valence-corrected chi connectivity index (χ0v) is 7.63. The summed E-state index contributed by atoms with van der Waals surface area (Å²) in [5.41, 5.74) is 0. The molecule has 68 valence electrons. The Kier molecular flexibility index (Phi) is 4.18. The van der Waals surface area contributed by atoms with E-state index in [0.29, 0.717) is 5.92 Å². The standard InChI is InChI=1S/C11H18O/c1-2-3-4-5-6-7-11(12)10-8-9-10/h1,10-12H,3-9H2. The second-order valence-electron chi connectivity index (χ2n) is 3.71. The number of unbranched alkanes of at least 4 members (excludes halogenated alkanes) is 3. The molecule has 12 heavy (non-hydrogen) atoms. The topological polar surface area (TPSA) is 20.2 Å². The first kappa shape index (κ1) is 9.61. The van der Waals surface area contributed by atoms with E-state index in [-0.39, 0.29) is 6.10 Å². The van der Waals surface area contributed by atoms with E-state index in [2.05, 4.69) is 5.92 Å². The molecule has 1 unspecified atom stereocenters. The molecule has 0 bridgehead atoms. The van der Waals surface area contributed by atoms with Gasteiger partial charge in [0.1, 0.15) is 0 Å². The minimum Gasteiger partial charge on any atom is -0.393 e. The zero-order chi connectivity index (χ0) is 8.81. The van der Waals surface area contributed by atoms with Crippen molar-refractivity contribution in [2.24, 2.45) is 5.92 Å². The maximum absolute atomic E-state index is 9.51. The molecular formula is C11H18O. The van der Waals surface area contributed by atoms with Crippen LogP contribution in [0.1, 0.15) is 44.9 Å². The fourth-order valence-electron chi connectivity index (χ4n) is 1.47. The Morgan fingerprint density at radius 3 is 2.67 bits per heavy atom.